The molecule has 8 heteroatoms. The van der Waals surface area contributed by atoms with Crippen LogP contribution < -0.4 is 10.1 Å². The smallest absolute Gasteiger partial charge is 0.312 e. The molecule has 2 aliphatic heterocycles. The van der Waals surface area contributed by atoms with Crippen molar-refractivity contribution in [2.75, 3.05) is 13.2 Å². The monoisotopic (exact) mass is 400 g/mol. The van der Waals surface area contributed by atoms with Gasteiger partial charge in [0.05, 0.1) is 17.7 Å². The van der Waals surface area contributed by atoms with Crippen LogP contribution >= 0.6 is 0 Å². The molecule has 29 heavy (non-hydrogen) atoms. The number of rotatable bonds is 4. The second kappa shape index (κ2) is 6.03. The first-order valence-electron chi connectivity index (χ1n) is 10.0. The molecule has 0 radical (unpaired) electrons. The number of piperidine rings is 1. The van der Waals surface area contributed by atoms with Crippen molar-refractivity contribution in [1.82, 2.24) is 10.2 Å². The molecular formula is C21H24N2O6. The molecule has 2 bridgehead atoms. The minimum Gasteiger partial charge on any atom is -0.481 e. The fraction of sp³-hybridized carbons (Fsp3) is 0.571. The number of carboxylic acids is 1. The Bertz CT molecular complexity index is 945. The Labute approximate surface area is 167 Å². The van der Waals surface area contributed by atoms with E-state index in [4.69, 9.17) is 9.84 Å². The van der Waals surface area contributed by atoms with Crippen molar-refractivity contribution < 1.29 is 29.3 Å². The highest BCUT2D eigenvalue weighted by Crippen LogP contribution is 2.63. The number of hydrogen-bond donors (Lipinski definition) is 3. The van der Waals surface area contributed by atoms with Crippen LogP contribution in [0.2, 0.25) is 0 Å². The Morgan fingerprint density at radius 3 is 2.90 bits per heavy atom. The van der Waals surface area contributed by atoms with E-state index < -0.39 is 35.4 Å². The summed E-state index contributed by atoms with van der Waals surface area (Å²) in [5, 5.41) is 23.5. The van der Waals surface area contributed by atoms with Crippen LogP contribution in [0, 0.1) is 6.92 Å². The Morgan fingerprint density at radius 2 is 2.14 bits per heavy atom. The van der Waals surface area contributed by atoms with E-state index in [-0.39, 0.29) is 24.9 Å². The largest absolute Gasteiger partial charge is 0.481 e. The first kappa shape index (κ1) is 18.6. The molecule has 3 N–H and O–H groups in total. The number of carbonyl (C=O) groups excluding carboxylic acids is 2. The van der Waals surface area contributed by atoms with Gasteiger partial charge in [0.25, 0.3) is 0 Å². The zero-order chi connectivity index (χ0) is 20.6. The lowest BCUT2D eigenvalue weighted by Gasteiger charge is -2.62. The van der Waals surface area contributed by atoms with E-state index in [2.05, 4.69) is 11.4 Å². The second-order valence-corrected chi connectivity index (χ2v) is 8.72. The lowest BCUT2D eigenvalue weighted by Crippen LogP contribution is -2.77. The van der Waals surface area contributed by atoms with Crippen LogP contribution in [0.4, 0.5) is 0 Å². The molecule has 8 nitrogen and oxygen atoms in total. The van der Waals surface area contributed by atoms with E-state index >= 15 is 0 Å². The number of aliphatic carboxylic acids is 1. The molecule has 1 amide bonds. The quantitative estimate of drug-likeness (QED) is 0.621. The summed E-state index contributed by atoms with van der Waals surface area (Å²) in [7, 11) is 0. The van der Waals surface area contributed by atoms with Crippen molar-refractivity contribution >= 4 is 17.7 Å². The number of ketones is 1. The van der Waals surface area contributed by atoms with Gasteiger partial charge in [-0.3, -0.25) is 19.3 Å². The molecule has 1 aromatic rings. The minimum absolute atomic E-state index is 0.0417. The van der Waals surface area contributed by atoms with Crippen LogP contribution in [0.3, 0.4) is 0 Å². The van der Waals surface area contributed by atoms with Crippen molar-refractivity contribution in [3.63, 3.8) is 0 Å². The number of Topliss-reactive ketones (excluding diaryl/α,β-unsaturated/α-hetero) is 1. The fourth-order valence-electron chi connectivity index (χ4n) is 6.14. The van der Waals surface area contributed by atoms with Crippen molar-refractivity contribution in [2.45, 2.75) is 62.2 Å². The Hall–Kier alpha value is -2.45. The number of likely N-dealkylation sites (tertiary alicyclic amines) is 1. The van der Waals surface area contributed by atoms with Crippen molar-refractivity contribution in [2.24, 2.45) is 0 Å². The Balaban J connectivity index is 1.54. The van der Waals surface area contributed by atoms with E-state index in [0.29, 0.717) is 25.8 Å². The molecule has 1 saturated heterocycles. The van der Waals surface area contributed by atoms with E-state index in [1.165, 1.54) is 0 Å². The maximum absolute atomic E-state index is 12.8. The van der Waals surface area contributed by atoms with Gasteiger partial charge in [-0.25, -0.2) is 0 Å². The SMILES string of the molecule is Cc1ccc2c3c1OC1C(=O)CC[C@@]4(O)[C@@H](C2)N(CNC(=O)CC(=O)O)CC[C@]314. The minimum atomic E-state index is -1.18. The average Bonchev–Trinajstić information content (AvgIpc) is 3.01. The lowest BCUT2D eigenvalue weighted by atomic mass is 9.49. The summed E-state index contributed by atoms with van der Waals surface area (Å²) in [6.07, 6.45) is 0.531. The molecular weight excluding hydrogens is 376 g/mol. The third-order valence-electron chi connectivity index (χ3n) is 7.38. The molecule has 1 unspecified atom stereocenters. The highest BCUT2D eigenvalue weighted by molar-refractivity contribution is 5.93. The van der Waals surface area contributed by atoms with Crippen LogP contribution in [0.1, 0.15) is 42.4 Å². The number of carboxylic acid groups (broad SMARTS) is 1. The Morgan fingerprint density at radius 1 is 1.34 bits per heavy atom. The van der Waals surface area contributed by atoms with Crippen molar-refractivity contribution in [3.05, 3.63) is 28.8 Å². The zero-order valence-electron chi connectivity index (χ0n) is 16.2. The predicted molar refractivity (Wildman–Crippen MR) is 101 cm³/mol. The van der Waals surface area contributed by atoms with Crippen LogP contribution in [0.15, 0.2) is 12.1 Å². The number of nitrogens with zero attached hydrogens (tertiary/aromatic N) is 1. The van der Waals surface area contributed by atoms with E-state index in [1.807, 2.05) is 17.9 Å². The summed E-state index contributed by atoms with van der Waals surface area (Å²) in [6.45, 7) is 2.72. The van der Waals surface area contributed by atoms with Crippen molar-refractivity contribution in [1.29, 1.82) is 0 Å². The molecule has 0 aromatic heterocycles. The number of benzene rings is 1. The molecule has 154 valence electrons. The number of carbonyl (C=O) groups is 3. The van der Waals surface area contributed by atoms with Crippen LogP contribution in [-0.4, -0.2) is 63.7 Å². The number of aryl methyl sites for hydroxylation is 1. The summed E-state index contributed by atoms with van der Waals surface area (Å²) in [4.78, 5) is 37.4. The topological polar surface area (TPSA) is 116 Å². The molecule has 5 rings (SSSR count). The third kappa shape index (κ3) is 2.30. The van der Waals surface area contributed by atoms with E-state index in [9.17, 15) is 19.5 Å². The number of ether oxygens (including phenoxy) is 1. The fourth-order valence-corrected chi connectivity index (χ4v) is 6.14. The summed E-state index contributed by atoms with van der Waals surface area (Å²) in [5.74, 6) is -0.937. The number of amides is 1. The first-order valence-corrected chi connectivity index (χ1v) is 10.0. The van der Waals surface area contributed by atoms with Gasteiger partial charge in [-0.1, -0.05) is 12.1 Å². The summed E-state index contributed by atoms with van der Waals surface area (Å²) in [5.41, 5.74) is 1.18. The Kier molecular flexibility index (Phi) is 3.86. The second-order valence-electron chi connectivity index (χ2n) is 8.72. The van der Waals surface area contributed by atoms with Crippen LogP contribution in [0.5, 0.6) is 5.75 Å². The van der Waals surface area contributed by atoms with Crippen LogP contribution in [-0.2, 0) is 26.2 Å². The van der Waals surface area contributed by atoms with Gasteiger partial charge in [-0.05, 0) is 37.3 Å². The highest BCUT2D eigenvalue weighted by Gasteiger charge is 2.72. The zero-order valence-corrected chi connectivity index (χ0v) is 16.2. The van der Waals surface area contributed by atoms with Gasteiger partial charge in [0.1, 0.15) is 12.2 Å². The van der Waals surface area contributed by atoms with Gasteiger partial charge >= 0.3 is 5.97 Å². The number of hydrogen-bond acceptors (Lipinski definition) is 6. The number of nitrogens with one attached hydrogen (secondary N) is 1. The normalized spacial score (nSPS) is 34.3. The van der Waals surface area contributed by atoms with Gasteiger partial charge in [-0.2, -0.15) is 0 Å². The van der Waals surface area contributed by atoms with Crippen LogP contribution in [0.25, 0.3) is 0 Å². The molecule has 2 fully saturated rings. The van der Waals surface area contributed by atoms with Gasteiger partial charge in [0.15, 0.2) is 11.9 Å². The van der Waals surface area contributed by atoms with Gasteiger partial charge in [-0.15, -0.1) is 0 Å². The predicted octanol–water partition coefficient (Wildman–Crippen LogP) is 0.267. The van der Waals surface area contributed by atoms with Gasteiger partial charge in [0, 0.05) is 24.6 Å². The van der Waals surface area contributed by atoms with Gasteiger partial charge in [0.2, 0.25) is 5.91 Å². The standard InChI is InChI=1S/C21H24N2O6/c1-11-2-3-12-8-14-21(28)5-4-13(24)19-20(21,17(12)18(11)29-19)6-7-23(14)10-22-15(25)9-16(26)27/h2-3,14,19,28H,4-10H2,1H3,(H,22,25)(H,26,27)/t14-,19?,20+,21-/m1/s1. The maximum Gasteiger partial charge on any atom is 0.312 e. The summed E-state index contributed by atoms with van der Waals surface area (Å²) < 4.78 is 6.20. The van der Waals surface area contributed by atoms with E-state index in [1.54, 1.807) is 0 Å². The van der Waals surface area contributed by atoms with Gasteiger partial charge < -0.3 is 20.3 Å². The molecule has 1 aromatic carbocycles. The molecule has 2 aliphatic carbocycles. The van der Waals surface area contributed by atoms with Crippen molar-refractivity contribution in [3.8, 4) is 5.75 Å². The lowest BCUT2D eigenvalue weighted by molar-refractivity contribution is -0.189. The highest BCUT2D eigenvalue weighted by atomic mass is 16.5. The summed E-state index contributed by atoms with van der Waals surface area (Å²) >= 11 is 0. The average molecular weight is 400 g/mol. The maximum atomic E-state index is 12.8. The first-order chi connectivity index (χ1) is 13.8. The molecule has 4 aliphatic rings. The third-order valence-corrected chi connectivity index (χ3v) is 7.38. The molecule has 2 heterocycles. The number of aliphatic hydroxyl groups is 1. The van der Waals surface area contributed by atoms with E-state index in [0.717, 1.165) is 22.4 Å². The molecule has 4 atom stereocenters. The molecule has 1 saturated carbocycles. The summed E-state index contributed by atoms with van der Waals surface area (Å²) in [6, 6.07) is 3.77. The molecule has 1 spiro atoms.